The van der Waals surface area contributed by atoms with Crippen molar-refractivity contribution in [2.75, 3.05) is 12.4 Å². The minimum atomic E-state index is -0.610. The number of rotatable bonds is 7. The highest BCUT2D eigenvalue weighted by Crippen LogP contribution is 2.30. The summed E-state index contributed by atoms with van der Waals surface area (Å²) in [5.74, 6) is -0.0506. The molecule has 1 N–H and O–H groups in total. The lowest BCUT2D eigenvalue weighted by atomic mass is 10.1. The van der Waals surface area contributed by atoms with Gasteiger partial charge in [-0.2, -0.15) is 5.26 Å². The number of halogens is 3. The summed E-state index contributed by atoms with van der Waals surface area (Å²) >= 11 is 11.9. The highest BCUT2D eigenvalue weighted by molar-refractivity contribution is 6.35. The zero-order valence-corrected chi connectivity index (χ0v) is 18.4. The number of nitrogens with one attached hydrogen (secondary N) is 1. The van der Waals surface area contributed by atoms with Gasteiger partial charge in [0.2, 0.25) is 0 Å². The van der Waals surface area contributed by atoms with Crippen molar-refractivity contribution in [3.05, 3.63) is 93.2 Å². The lowest BCUT2D eigenvalue weighted by Crippen LogP contribution is -2.13. The number of carbonyl (C=O) groups is 1. The number of benzene rings is 3. The number of hydrogen-bond acceptors (Lipinski definition) is 4. The van der Waals surface area contributed by atoms with Gasteiger partial charge in [0.1, 0.15) is 24.1 Å². The van der Waals surface area contributed by atoms with Crippen LogP contribution in [0, 0.1) is 17.1 Å². The first-order valence-corrected chi connectivity index (χ1v) is 10.1. The van der Waals surface area contributed by atoms with Gasteiger partial charge < -0.3 is 14.8 Å². The van der Waals surface area contributed by atoms with Gasteiger partial charge >= 0.3 is 0 Å². The number of nitriles is 1. The van der Waals surface area contributed by atoms with E-state index >= 15 is 0 Å². The molecule has 0 saturated carbocycles. The van der Waals surface area contributed by atoms with Crippen LogP contribution in [0.2, 0.25) is 10.0 Å². The van der Waals surface area contributed by atoms with E-state index in [4.69, 9.17) is 32.7 Å². The zero-order chi connectivity index (χ0) is 23.1. The maximum atomic E-state index is 13.0. The number of methoxy groups -OCH3 is 1. The standard InChI is InChI=1S/C24H17Cl2FN2O3/c1-31-23-9-16(4-7-22(23)32-14-15-2-5-20(27)6-3-15)8-17(13-28)24(30)29-21-11-18(25)10-19(26)12-21/h2-12H,14H2,1H3,(H,29,30)/b17-8+. The molecule has 0 aliphatic carbocycles. The molecule has 0 spiro atoms. The Kier molecular flexibility index (Phi) is 7.72. The van der Waals surface area contributed by atoms with Crippen molar-refractivity contribution in [3.8, 4) is 17.6 Å². The molecular formula is C24H17Cl2FN2O3. The predicted molar refractivity (Wildman–Crippen MR) is 122 cm³/mol. The van der Waals surface area contributed by atoms with E-state index < -0.39 is 5.91 Å². The molecule has 0 aliphatic heterocycles. The van der Waals surface area contributed by atoms with Crippen LogP contribution >= 0.6 is 23.2 Å². The number of anilines is 1. The first kappa shape index (κ1) is 23.1. The molecule has 0 aliphatic rings. The molecule has 3 rings (SSSR count). The second-order valence-electron chi connectivity index (χ2n) is 6.61. The normalized spacial score (nSPS) is 10.9. The maximum Gasteiger partial charge on any atom is 0.266 e. The summed E-state index contributed by atoms with van der Waals surface area (Å²) in [5, 5.41) is 12.8. The molecule has 0 radical (unpaired) electrons. The molecule has 3 aromatic carbocycles. The minimum Gasteiger partial charge on any atom is -0.493 e. The minimum absolute atomic E-state index is 0.122. The molecule has 0 fully saturated rings. The van der Waals surface area contributed by atoms with Crippen LogP contribution in [0.5, 0.6) is 11.5 Å². The third-order valence-corrected chi connectivity index (χ3v) is 4.73. The fourth-order valence-electron chi connectivity index (χ4n) is 2.77. The summed E-state index contributed by atoms with van der Waals surface area (Å²) in [7, 11) is 1.48. The van der Waals surface area contributed by atoms with Gasteiger partial charge in [-0.15, -0.1) is 0 Å². The Hall–Kier alpha value is -3.53. The SMILES string of the molecule is COc1cc(/C=C(\C#N)C(=O)Nc2cc(Cl)cc(Cl)c2)ccc1OCc1ccc(F)cc1. The van der Waals surface area contributed by atoms with Crippen LogP contribution in [0.25, 0.3) is 6.08 Å². The number of carbonyl (C=O) groups excluding carboxylic acids is 1. The van der Waals surface area contributed by atoms with Gasteiger partial charge in [-0.1, -0.05) is 41.4 Å². The second-order valence-corrected chi connectivity index (χ2v) is 7.48. The number of hydrogen-bond donors (Lipinski definition) is 1. The summed E-state index contributed by atoms with van der Waals surface area (Å²) in [5.41, 5.74) is 1.60. The Morgan fingerprint density at radius 2 is 1.75 bits per heavy atom. The van der Waals surface area contributed by atoms with Crippen LogP contribution < -0.4 is 14.8 Å². The van der Waals surface area contributed by atoms with E-state index in [0.717, 1.165) is 5.56 Å². The Bertz CT molecular complexity index is 1180. The van der Waals surface area contributed by atoms with Crippen molar-refractivity contribution in [1.82, 2.24) is 0 Å². The molecule has 0 atom stereocenters. The van der Waals surface area contributed by atoms with Crippen molar-refractivity contribution in [2.24, 2.45) is 0 Å². The van der Waals surface area contributed by atoms with Crippen LogP contribution in [0.15, 0.2) is 66.2 Å². The summed E-state index contributed by atoms with van der Waals surface area (Å²) < 4.78 is 24.1. The van der Waals surface area contributed by atoms with Crippen molar-refractivity contribution in [2.45, 2.75) is 6.61 Å². The number of amides is 1. The van der Waals surface area contributed by atoms with Gasteiger partial charge in [-0.3, -0.25) is 4.79 Å². The zero-order valence-electron chi connectivity index (χ0n) is 16.9. The molecule has 8 heteroatoms. The average molecular weight is 471 g/mol. The predicted octanol–water partition coefficient (Wildman–Crippen LogP) is 6.27. The Morgan fingerprint density at radius 3 is 2.38 bits per heavy atom. The highest BCUT2D eigenvalue weighted by Gasteiger charge is 2.12. The van der Waals surface area contributed by atoms with Crippen LogP contribution in [-0.2, 0) is 11.4 Å². The molecular weight excluding hydrogens is 454 g/mol. The van der Waals surface area contributed by atoms with Crippen LogP contribution in [0.4, 0.5) is 10.1 Å². The van der Waals surface area contributed by atoms with Crippen LogP contribution in [-0.4, -0.2) is 13.0 Å². The molecule has 162 valence electrons. The average Bonchev–Trinajstić information content (AvgIpc) is 2.76. The monoisotopic (exact) mass is 470 g/mol. The Labute approximate surface area is 194 Å². The van der Waals surface area contributed by atoms with Gasteiger partial charge in [-0.25, -0.2) is 4.39 Å². The van der Waals surface area contributed by atoms with Crippen LogP contribution in [0.3, 0.4) is 0 Å². The topological polar surface area (TPSA) is 71.3 Å². The summed E-state index contributed by atoms with van der Waals surface area (Å²) in [6.45, 7) is 0.222. The summed E-state index contributed by atoms with van der Waals surface area (Å²) in [6, 6.07) is 17.4. The molecule has 0 aromatic heterocycles. The molecule has 0 heterocycles. The summed E-state index contributed by atoms with van der Waals surface area (Å²) in [4.78, 5) is 12.5. The molecule has 5 nitrogen and oxygen atoms in total. The smallest absolute Gasteiger partial charge is 0.266 e. The van der Waals surface area contributed by atoms with E-state index in [1.54, 1.807) is 30.3 Å². The van der Waals surface area contributed by atoms with Gasteiger partial charge in [0, 0.05) is 15.7 Å². The van der Waals surface area contributed by atoms with Crippen LogP contribution in [0.1, 0.15) is 11.1 Å². The number of nitrogens with zero attached hydrogens (tertiary/aromatic N) is 1. The lowest BCUT2D eigenvalue weighted by molar-refractivity contribution is -0.112. The highest BCUT2D eigenvalue weighted by atomic mass is 35.5. The third-order valence-electron chi connectivity index (χ3n) is 4.29. The third kappa shape index (κ3) is 6.24. The van der Waals surface area contributed by atoms with E-state index in [1.807, 2.05) is 6.07 Å². The first-order valence-electron chi connectivity index (χ1n) is 9.32. The van der Waals surface area contributed by atoms with Crippen molar-refractivity contribution in [1.29, 1.82) is 5.26 Å². The molecule has 1 amide bonds. The fraction of sp³-hybridized carbons (Fsp3) is 0.0833. The first-order chi connectivity index (χ1) is 15.4. The molecule has 3 aromatic rings. The second kappa shape index (κ2) is 10.7. The van der Waals surface area contributed by atoms with Gasteiger partial charge in [-0.05, 0) is 59.7 Å². The molecule has 0 bridgehead atoms. The fourth-order valence-corrected chi connectivity index (χ4v) is 3.30. The largest absolute Gasteiger partial charge is 0.493 e. The van der Waals surface area contributed by atoms with Crippen molar-refractivity contribution < 1.29 is 18.7 Å². The molecule has 32 heavy (non-hydrogen) atoms. The Balaban J connectivity index is 1.76. The van der Waals surface area contributed by atoms with Gasteiger partial charge in [0.25, 0.3) is 5.91 Å². The van der Waals surface area contributed by atoms with Gasteiger partial charge in [0.05, 0.1) is 7.11 Å². The van der Waals surface area contributed by atoms with E-state index in [9.17, 15) is 14.4 Å². The number of ether oxygens (including phenoxy) is 2. The van der Waals surface area contributed by atoms with Gasteiger partial charge in [0.15, 0.2) is 11.5 Å². The van der Waals surface area contributed by atoms with Crippen molar-refractivity contribution in [3.63, 3.8) is 0 Å². The quantitative estimate of drug-likeness (QED) is 0.326. The van der Waals surface area contributed by atoms with E-state index in [0.29, 0.717) is 32.8 Å². The molecule has 0 unspecified atom stereocenters. The lowest BCUT2D eigenvalue weighted by Gasteiger charge is -2.12. The van der Waals surface area contributed by atoms with E-state index in [1.165, 1.54) is 43.5 Å². The van der Waals surface area contributed by atoms with Crippen molar-refractivity contribution >= 4 is 40.9 Å². The van der Waals surface area contributed by atoms with E-state index in [2.05, 4.69) is 5.32 Å². The Morgan fingerprint density at radius 1 is 1.06 bits per heavy atom. The van der Waals surface area contributed by atoms with E-state index in [-0.39, 0.29) is 18.0 Å². The summed E-state index contributed by atoms with van der Waals surface area (Å²) in [6.07, 6.45) is 1.42. The maximum absolute atomic E-state index is 13.0. The molecule has 0 saturated heterocycles.